The van der Waals surface area contributed by atoms with Crippen LogP contribution in [0.2, 0.25) is 0 Å². The van der Waals surface area contributed by atoms with Crippen LogP contribution in [0.3, 0.4) is 0 Å². The molecule has 2 rings (SSSR count). The van der Waals surface area contributed by atoms with Gasteiger partial charge in [-0.1, -0.05) is 0 Å². The van der Waals surface area contributed by atoms with E-state index in [2.05, 4.69) is 39.8 Å². The molecule has 0 bridgehead atoms. The average molecular weight is 255 g/mol. The lowest BCUT2D eigenvalue weighted by atomic mass is 10.1. The van der Waals surface area contributed by atoms with E-state index in [1.165, 1.54) is 0 Å². The van der Waals surface area contributed by atoms with Crippen LogP contribution in [0.4, 0.5) is 0 Å². The maximum atomic E-state index is 5.51. The van der Waals surface area contributed by atoms with Crippen molar-refractivity contribution in [2.75, 3.05) is 6.61 Å². The summed E-state index contributed by atoms with van der Waals surface area (Å²) in [7, 11) is 0. The van der Waals surface area contributed by atoms with E-state index in [1.54, 1.807) is 6.20 Å². The highest BCUT2D eigenvalue weighted by molar-refractivity contribution is 9.10. The summed E-state index contributed by atoms with van der Waals surface area (Å²) in [6.45, 7) is 4.74. The van der Waals surface area contributed by atoms with Gasteiger partial charge in [0.1, 0.15) is 11.2 Å². The molecule has 1 aliphatic heterocycles. The number of hydrogen-bond acceptors (Lipinski definition) is 3. The second kappa shape index (κ2) is 3.35. The molecule has 1 aromatic rings. The minimum absolute atomic E-state index is 0.106. The molecular weight excluding hydrogens is 244 g/mol. The van der Waals surface area contributed by atoms with Crippen molar-refractivity contribution in [2.24, 2.45) is 4.99 Å². The van der Waals surface area contributed by atoms with Crippen molar-refractivity contribution < 1.29 is 4.74 Å². The molecule has 0 saturated heterocycles. The first-order valence-electron chi connectivity index (χ1n) is 4.41. The summed E-state index contributed by atoms with van der Waals surface area (Å²) in [5.41, 5.74) is 0.864. The molecule has 74 valence electrons. The lowest BCUT2D eigenvalue weighted by molar-refractivity contribution is 0.279. The largest absolute Gasteiger partial charge is 0.475 e. The number of halogens is 1. The summed E-state index contributed by atoms with van der Waals surface area (Å²) in [4.78, 5) is 8.53. The van der Waals surface area contributed by atoms with E-state index in [9.17, 15) is 0 Å². The fourth-order valence-corrected chi connectivity index (χ4v) is 1.63. The van der Waals surface area contributed by atoms with Crippen molar-refractivity contribution in [1.29, 1.82) is 0 Å². The highest BCUT2D eigenvalue weighted by Crippen LogP contribution is 2.21. The van der Waals surface area contributed by atoms with Gasteiger partial charge in [-0.25, -0.2) is 9.98 Å². The van der Waals surface area contributed by atoms with Gasteiger partial charge in [0.2, 0.25) is 5.90 Å². The van der Waals surface area contributed by atoms with Crippen molar-refractivity contribution in [3.05, 3.63) is 28.5 Å². The van der Waals surface area contributed by atoms with Crippen LogP contribution in [0.15, 0.2) is 27.9 Å². The number of ether oxygens (including phenoxy) is 1. The van der Waals surface area contributed by atoms with Crippen LogP contribution in [-0.4, -0.2) is 23.0 Å². The average Bonchev–Trinajstić information content (AvgIpc) is 2.46. The lowest BCUT2D eigenvalue weighted by Gasteiger charge is -2.07. The number of aromatic nitrogens is 1. The number of hydrogen-bond donors (Lipinski definition) is 0. The molecule has 1 aliphatic rings. The van der Waals surface area contributed by atoms with E-state index in [-0.39, 0.29) is 5.54 Å². The zero-order valence-corrected chi connectivity index (χ0v) is 9.71. The molecule has 2 heterocycles. The SMILES string of the molecule is CC1(C)COC(c2ccnc(Br)c2)=N1. The van der Waals surface area contributed by atoms with E-state index in [4.69, 9.17) is 4.74 Å². The van der Waals surface area contributed by atoms with Crippen molar-refractivity contribution >= 4 is 21.8 Å². The smallest absolute Gasteiger partial charge is 0.216 e. The Labute approximate surface area is 91.3 Å². The first-order chi connectivity index (χ1) is 6.57. The van der Waals surface area contributed by atoms with Crippen molar-refractivity contribution in [2.45, 2.75) is 19.4 Å². The van der Waals surface area contributed by atoms with Crippen LogP contribution in [0.5, 0.6) is 0 Å². The predicted octanol–water partition coefficient (Wildman–Crippen LogP) is 2.40. The van der Waals surface area contributed by atoms with Crippen LogP contribution >= 0.6 is 15.9 Å². The summed E-state index contributed by atoms with van der Waals surface area (Å²) in [6.07, 6.45) is 1.73. The Morgan fingerprint density at radius 1 is 1.50 bits per heavy atom. The Hall–Kier alpha value is -0.900. The Morgan fingerprint density at radius 3 is 2.86 bits per heavy atom. The minimum atomic E-state index is -0.106. The standard InChI is InChI=1S/C10H11BrN2O/c1-10(2)6-14-9(13-10)7-3-4-12-8(11)5-7/h3-5H,6H2,1-2H3. The van der Waals surface area contributed by atoms with Crippen molar-refractivity contribution in [1.82, 2.24) is 4.98 Å². The molecule has 0 aromatic carbocycles. The molecule has 0 unspecified atom stereocenters. The van der Waals surface area contributed by atoms with Crippen LogP contribution in [-0.2, 0) is 4.74 Å². The van der Waals surface area contributed by atoms with Crippen LogP contribution in [0, 0.1) is 0 Å². The number of nitrogens with zero attached hydrogens (tertiary/aromatic N) is 2. The molecule has 0 spiro atoms. The fraction of sp³-hybridized carbons (Fsp3) is 0.400. The third-order valence-corrected chi connectivity index (χ3v) is 2.37. The zero-order valence-electron chi connectivity index (χ0n) is 8.12. The van der Waals surface area contributed by atoms with Gasteiger partial charge in [-0.15, -0.1) is 0 Å². The van der Waals surface area contributed by atoms with Crippen LogP contribution < -0.4 is 0 Å². The van der Waals surface area contributed by atoms with Crippen molar-refractivity contribution in [3.8, 4) is 0 Å². The highest BCUT2D eigenvalue weighted by atomic mass is 79.9. The monoisotopic (exact) mass is 254 g/mol. The molecule has 0 radical (unpaired) electrons. The molecule has 0 amide bonds. The normalized spacial score (nSPS) is 18.9. The summed E-state index contributed by atoms with van der Waals surface area (Å²) in [6, 6.07) is 3.80. The molecule has 4 heteroatoms. The maximum absolute atomic E-state index is 5.51. The van der Waals surface area contributed by atoms with Gasteiger partial charge in [0, 0.05) is 11.8 Å². The van der Waals surface area contributed by atoms with Crippen LogP contribution in [0.1, 0.15) is 19.4 Å². The van der Waals surface area contributed by atoms with E-state index >= 15 is 0 Å². The highest BCUT2D eigenvalue weighted by Gasteiger charge is 2.26. The molecule has 0 atom stereocenters. The molecule has 0 fully saturated rings. The number of aliphatic imine (C=N–C) groups is 1. The van der Waals surface area contributed by atoms with Gasteiger partial charge in [-0.3, -0.25) is 0 Å². The molecule has 0 saturated carbocycles. The van der Waals surface area contributed by atoms with Gasteiger partial charge < -0.3 is 4.74 Å². The first-order valence-corrected chi connectivity index (χ1v) is 5.21. The van der Waals surface area contributed by atoms with Gasteiger partial charge >= 0.3 is 0 Å². The van der Waals surface area contributed by atoms with E-state index in [1.807, 2.05) is 12.1 Å². The van der Waals surface area contributed by atoms with Gasteiger partial charge in [0.15, 0.2) is 0 Å². The van der Waals surface area contributed by atoms with Crippen LogP contribution in [0.25, 0.3) is 0 Å². The van der Waals surface area contributed by atoms with E-state index in [0.29, 0.717) is 12.5 Å². The molecule has 0 aliphatic carbocycles. The Balaban J connectivity index is 2.33. The number of rotatable bonds is 1. The number of pyridine rings is 1. The van der Waals surface area contributed by atoms with Gasteiger partial charge in [-0.05, 0) is 41.9 Å². The minimum Gasteiger partial charge on any atom is -0.475 e. The molecule has 1 aromatic heterocycles. The zero-order chi connectivity index (χ0) is 10.2. The molecule has 14 heavy (non-hydrogen) atoms. The van der Waals surface area contributed by atoms with Gasteiger partial charge in [0.25, 0.3) is 0 Å². The summed E-state index contributed by atoms with van der Waals surface area (Å²) in [5.74, 6) is 0.707. The van der Waals surface area contributed by atoms with E-state index < -0.39 is 0 Å². The lowest BCUT2D eigenvalue weighted by Crippen LogP contribution is -2.17. The second-order valence-electron chi connectivity index (χ2n) is 3.89. The summed E-state index contributed by atoms with van der Waals surface area (Å²) in [5, 5.41) is 0. The topological polar surface area (TPSA) is 34.5 Å². The molecule has 0 N–H and O–H groups in total. The quantitative estimate of drug-likeness (QED) is 0.722. The predicted molar refractivity (Wildman–Crippen MR) is 58.5 cm³/mol. The first kappa shape index (κ1) is 9.65. The van der Waals surface area contributed by atoms with E-state index in [0.717, 1.165) is 10.2 Å². The molecular formula is C10H11BrN2O. The summed E-state index contributed by atoms with van der Waals surface area (Å²) < 4.78 is 6.31. The Bertz CT molecular complexity index is 387. The Morgan fingerprint density at radius 2 is 2.29 bits per heavy atom. The Kier molecular flexibility index (Phi) is 2.31. The van der Waals surface area contributed by atoms with Gasteiger partial charge in [-0.2, -0.15) is 0 Å². The molecule has 3 nitrogen and oxygen atoms in total. The summed E-state index contributed by atoms with van der Waals surface area (Å²) >= 11 is 3.32. The third kappa shape index (κ3) is 1.95. The maximum Gasteiger partial charge on any atom is 0.216 e. The fourth-order valence-electron chi connectivity index (χ4n) is 1.27. The third-order valence-electron chi connectivity index (χ3n) is 1.94. The second-order valence-corrected chi connectivity index (χ2v) is 4.70. The van der Waals surface area contributed by atoms with Gasteiger partial charge in [0.05, 0.1) is 5.54 Å². The van der Waals surface area contributed by atoms with Crippen molar-refractivity contribution in [3.63, 3.8) is 0 Å².